The van der Waals surface area contributed by atoms with E-state index in [-0.39, 0.29) is 5.97 Å². The highest BCUT2D eigenvalue weighted by atomic mass is 32.1. The summed E-state index contributed by atoms with van der Waals surface area (Å²) in [4.78, 5) is 16.6. The number of ether oxygens (including phenoxy) is 1. The molecular formula is C15H15N3O2S. The number of fused-ring (bicyclic) bond motifs is 1. The van der Waals surface area contributed by atoms with Crippen molar-refractivity contribution >= 4 is 33.1 Å². The van der Waals surface area contributed by atoms with Gasteiger partial charge in [-0.25, -0.2) is 9.78 Å². The number of nitrogens with two attached hydrogens (primary N) is 1. The number of aryl methyl sites for hydroxylation is 1. The molecule has 2 heterocycles. The minimum atomic E-state index is -0.277. The molecule has 0 atom stereocenters. The van der Waals surface area contributed by atoms with Crippen LogP contribution in [0.4, 0.5) is 5.69 Å². The molecule has 0 spiro atoms. The van der Waals surface area contributed by atoms with E-state index in [0.717, 1.165) is 23.1 Å². The van der Waals surface area contributed by atoms with Gasteiger partial charge in [-0.1, -0.05) is 0 Å². The van der Waals surface area contributed by atoms with Gasteiger partial charge in [0.05, 0.1) is 12.9 Å². The fourth-order valence-corrected chi connectivity index (χ4v) is 3.00. The summed E-state index contributed by atoms with van der Waals surface area (Å²) in [6, 6.07) is 7.44. The molecule has 0 bridgehead atoms. The lowest BCUT2D eigenvalue weighted by atomic mass is 10.2. The first-order chi connectivity index (χ1) is 10.2. The van der Waals surface area contributed by atoms with Crippen LogP contribution < -0.4 is 5.73 Å². The molecule has 6 heteroatoms. The first kappa shape index (κ1) is 13.6. The minimum Gasteiger partial charge on any atom is -0.461 e. The second-order valence-electron chi connectivity index (χ2n) is 4.70. The lowest BCUT2D eigenvalue weighted by molar-refractivity contribution is 0.0502. The van der Waals surface area contributed by atoms with E-state index in [9.17, 15) is 4.79 Å². The van der Waals surface area contributed by atoms with Crippen LogP contribution >= 0.6 is 11.3 Å². The van der Waals surface area contributed by atoms with E-state index in [0.29, 0.717) is 17.2 Å². The van der Waals surface area contributed by atoms with Crippen LogP contribution in [-0.4, -0.2) is 22.1 Å². The molecule has 1 aromatic carbocycles. The third-order valence-corrected chi connectivity index (χ3v) is 4.19. The molecule has 0 unspecified atom stereocenters. The average Bonchev–Trinajstić information content (AvgIpc) is 3.11. The van der Waals surface area contributed by atoms with Gasteiger partial charge in [-0.3, -0.25) is 0 Å². The number of hydrogen-bond acceptors (Lipinski definition) is 5. The Balaban J connectivity index is 1.56. The summed E-state index contributed by atoms with van der Waals surface area (Å²) in [5.74, 6) is -0.277. The molecule has 21 heavy (non-hydrogen) atoms. The number of rotatable bonds is 5. The molecule has 0 radical (unpaired) electrons. The third-order valence-electron chi connectivity index (χ3n) is 3.09. The number of nitrogen functional groups attached to an aromatic ring is 1. The van der Waals surface area contributed by atoms with Gasteiger partial charge in [0.2, 0.25) is 0 Å². The zero-order valence-corrected chi connectivity index (χ0v) is 12.2. The van der Waals surface area contributed by atoms with Gasteiger partial charge in [0.25, 0.3) is 0 Å². The summed E-state index contributed by atoms with van der Waals surface area (Å²) in [7, 11) is 0. The predicted octanol–water partition coefficient (Wildman–Crippen LogP) is 2.93. The number of esters is 1. The van der Waals surface area contributed by atoms with Crippen LogP contribution in [-0.2, 0) is 11.3 Å². The summed E-state index contributed by atoms with van der Waals surface area (Å²) in [6.07, 6.45) is 6.13. The maximum atomic E-state index is 12.0. The smallest absolute Gasteiger partial charge is 0.348 e. The number of benzene rings is 1. The topological polar surface area (TPSA) is 70.1 Å². The van der Waals surface area contributed by atoms with Crippen LogP contribution in [0.25, 0.3) is 10.1 Å². The number of carbonyl (C=O) groups is 1. The van der Waals surface area contributed by atoms with Gasteiger partial charge in [-0.05, 0) is 36.1 Å². The van der Waals surface area contributed by atoms with Crippen LogP contribution in [0.5, 0.6) is 0 Å². The molecule has 3 aromatic rings. The predicted molar refractivity (Wildman–Crippen MR) is 83.4 cm³/mol. The molecule has 0 aliphatic carbocycles. The number of thiophene rings is 1. The van der Waals surface area contributed by atoms with Crippen molar-refractivity contribution in [3.63, 3.8) is 0 Å². The fourth-order valence-electron chi connectivity index (χ4n) is 2.06. The zero-order valence-electron chi connectivity index (χ0n) is 11.4. The summed E-state index contributed by atoms with van der Waals surface area (Å²) in [5, 5.41) is 0.977. The largest absolute Gasteiger partial charge is 0.461 e. The van der Waals surface area contributed by atoms with E-state index in [4.69, 9.17) is 10.5 Å². The molecule has 2 aromatic heterocycles. The van der Waals surface area contributed by atoms with Crippen molar-refractivity contribution in [2.24, 2.45) is 0 Å². The van der Waals surface area contributed by atoms with Gasteiger partial charge in [0.1, 0.15) is 4.88 Å². The third kappa shape index (κ3) is 3.22. The van der Waals surface area contributed by atoms with E-state index >= 15 is 0 Å². The highest BCUT2D eigenvalue weighted by Crippen LogP contribution is 2.27. The lowest BCUT2D eigenvalue weighted by Crippen LogP contribution is -2.06. The van der Waals surface area contributed by atoms with Crippen LogP contribution in [0.1, 0.15) is 16.1 Å². The van der Waals surface area contributed by atoms with Crippen molar-refractivity contribution in [1.29, 1.82) is 0 Å². The highest BCUT2D eigenvalue weighted by Gasteiger charge is 2.11. The Morgan fingerprint density at radius 2 is 2.29 bits per heavy atom. The SMILES string of the molecule is Nc1ccc2sc(C(=O)OCCCn3ccnc3)cc2c1. The molecule has 0 fully saturated rings. The Kier molecular flexibility index (Phi) is 3.87. The monoisotopic (exact) mass is 301 g/mol. The molecule has 0 saturated carbocycles. The Morgan fingerprint density at radius 3 is 3.10 bits per heavy atom. The van der Waals surface area contributed by atoms with Gasteiger partial charge in [0, 0.05) is 29.3 Å². The van der Waals surface area contributed by atoms with Gasteiger partial charge in [0.15, 0.2) is 0 Å². The fraction of sp³-hybridized carbons (Fsp3) is 0.200. The normalized spacial score (nSPS) is 10.9. The van der Waals surface area contributed by atoms with Crippen LogP contribution in [0.15, 0.2) is 43.0 Å². The van der Waals surface area contributed by atoms with E-state index in [1.54, 1.807) is 12.5 Å². The Labute approximate surface area is 126 Å². The van der Waals surface area contributed by atoms with E-state index in [1.807, 2.05) is 35.0 Å². The molecule has 0 aliphatic rings. The summed E-state index contributed by atoms with van der Waals surface area (Å²) in [5.41, 5.74) is 6.43. The van der Waals surface area contributed by atoms with E-state index in [2.05, 4.69) is 4.98 Å². The average molecular weight is 301 g/mol. The van der Waals surface area contributed by atoms with Crippen LogP contribution in [0.3, 0.4) is 0 Å². The second kappa shape index (κ2) is 5.97. The molecule has 5 nitrogen and oxygen atoms in total. The molecule has 0 amide bonds. The molecule has 0 aliphatic heterocycles. The van der Waals surface area contributed by atoms with Crippen molar-refractivity contribution in [2.75, 3.05) is 12.3 Å². The van der Waals surface area contributed by atoms with Crippen molar-refractivity contribution in [3.8, 4) is 0 Å². The van der Waals surface area contributed by atoms with Crippen molar-refractivity contribution in [2.45, 2.75) is 13.0 Å². The molecule has 108 valence electrons. The molecule has 3 rings (SSSR count). The van der Waals surface area contributed by atoms with Gasteiger partial charge < -0.3 is 15.0 Å². The van der Waals surface area contributed by atoms with Crippen LogP contribution in [0.2, 0.25) is 0 Å². The lowest BCUT2D eigenvalue weighted by Gasteiger charge is -2.03. The second-order valence-corrected chi connectivity index (χ2v) is 5.78. The molecule has 2 N–H and O–H groups in total. The maximum absolute atomic E-state index is 12.0. The summed E-state index contributed by atoms with van der Waals surface area (Å²) >= 11 is 1.42. The van der Waals surface area contributed by atoms with E-state index in [1.165, 1.54) is 11.3 Å². The number of carbonyl (C=O) groups excluding carboxylic acids is 1. The van der Waals surface area contributed by atoms with Gasteiger partial charge in [-0.15, -0.1) is 11.3 Å². The quantitative estimate of drug-likeness (QED) is 0.447. The Hall–Kier alpha value is -2.34. The van der Waals surface area contributed by atoms with E-state index < -0.39 is 0 Å². The van der Waals surface area contributed by atoms with Gasteiger partial charge >= 0.3 is 5.97 Å². The number of hydrogen-bond donors (Lipinski definition) is 1. The highest BCUT2D eigenvalue weighted by molar-refractivity contribution is 7.20. The van der Waals surface area contributed by atoms with Crippen molar-refractivity contribution in [1.82, 2.24) is 9.55 Å². The molecule has 0 saturated heterocycles. The van der Waals surface area contributed by atoms with Crippen molar-refractivity contribution < 1.29 is 9.53 Å². The standard InChI is InChI=1S/C15H15N3O2S/c16-12-2-3-13-11(8-12)9-14(21-13)15(19)20-7-1-5-18-6-4-17-10-18/h2-4,6,8-10H,1,5,7,16H2. The summed E-state index contributed by atoms with van der Waals surface area (Å²) in [6.45, 7) is 1.18. The van der Waals surface area contributed by atoms with Crippen molar-refractivity contribution in [3.05, 3.63) is 47.9 Å². The maximum Gasteiger partial charge on any atom is 0.348 e. The number of aromatic nitrogens is 2. The summed E-state index contributed by atoms with van der Waals surface area (Å²) < 4.78 is 8.28. The molecular weight excluding hydrogens is 286 g/mol. The van der Waals surface area contributed by atoms with Gasteiger partial charge in [-0.2, -0.15) is 0 Å². The number of imidazole rings is 1. The van der Waals surface area contributed by atoms with Crippen LogP contribution in [0, 0.1) is 0 Å². The zero-order chi connectivity index (χ0) is 14.7. The number of anilines is 1. The number of nitrogens with zero attached hydrogens (tertiary/aromatic N) is 2. The first-order valence-corrected chi connectivity index (χ1v) is 7.46. The minimum absolute atomic E-state index is 0.277. The first-order valence-electron chi connectivity index (χ1n) is 6.64. The Morgan fingerprint density at radius 1 is 1.38 bits per heavy atom. The Bertz CT molecular complexity index is 749.